The Morgan fingerprint density at radius 2 is 1.16 bits per heavy atom. The number of unbranched alkanes of at least 4 members (excludes halogenated alkanes) is 13. The normalized spacial score (nSPS) is 12.0. The van der Waals surface area contributed by atoms with Crippen molar-refractivity contribution in [2.75, 3.05) is 6.61 Å². The molecule has 0 radical (unpaired) electrons. The van der Waals surface area contributed by atoms with Crippen molar-refractivity contribution in [2.45, 2.75) is 117 Å². The van der Waals surface area contributed by atoms with E-state index in [9.17, 15) is 9.59 Å². The van der Waals surface area contributed by atoms with Crippen molar-refractivity contribution in [3.8, 4) is 0 Å². The molecule has 1 atom stereocenters. The van der Waals surface area contributed by atoms with Gasteiger partial charge in [-0.15, -0.1) is 0 Å². The summed E-state index contributed by atoms with van der Waals surface area (Å²) in [6, 6.07) is -0.552. The van der Waals surface area contributed by atoms with Crippen LogP contribution in [0.4, 0.5) is 0 Å². The number of nitrogens with one attached hydrogen (secondary N) is 1. The second kappa shape index (κ2) is 17.8. The van der Waals surface area contributed by atoms with E-state index in [0.717, 1.165) is 12.8 Å². The fraction of sp³-hybridized carbons (Fsp3) is 0.905. The first kappa shape index (κ1) is 23.9. The van der Waals surface area contributed by atoms with E-state index in [2.05, 4.69) is 12.2 Å². The van der Waals surface area contributed by atoms with E-state index in [1.165, 1.54) is 84.0 Å². The molecule has 1 unspecified atom stereocenters. The largest absolute Gasteiger partial charge is 0.464 e. The highest BCUT2D eigenvalue weighted by Crippen LogP contribution is 2.12. The molecule has 0 aromatic carbocycles. The van der Waals surface area contributed by atoms with Gasteiger partial charge in [0.05, 0.1) is 6.61 Å². The Morgan fingerprint density at radius 1 is 0.760 bits per heavy atom. The first-order valence-corrected chi connectivity index (χ1v) is 10.5. The maximum absolute atomic E-state index is 11.6. The highest BCUT2D eigenvalue weighted by Gasteiger charge is 2.14. The van der Waals surface area contributed by atoms with Gasteiger partial charge in [0.15, 0.2) is 0 Å². The maximum Gasteiger partial charge on any atom is 0.328 e. The molecule has 0 heterocycles. The van der Waals surface area contributed by atoms with Gasteiger partial charge in [0, 0.05) is 6.92 Å². The molecule has 0 spiro atoms. The van der Waals surface area contributed by atoms with Gasteiger partial charge in [-0.1, -0.05) is 90.4 Å². The molecule has 1 amide bonds. The zero-order chi connectivity index (χ0) is 18.8. The predicted molar refractivity (Wildman–Crippen MR) is 105 cm³/mol. The lowest BCUT2D eigenvalue weighted by Gasteiger charge is -2.11. The number of rotatable bonds is 17. The summed E-state index contributed by atoms with van der Waals surface area (Å²) in [5, 5.41) is 2.53. The third-order valence-electron chi connectivity index (χ3n) is 4.52. The fourth-order valence-corrected chi connectivity index (χ4v) is 2.96. The summed E-state index contributed by atoms with van der Waals surface area (Å²) in [5.74, 6) is -0.550. The highest BCUT2D eigenvalue weighted by molar-refractivity contribution is 5.82. The van der Waals surface area contributed by atoms with Crippen LogP contribution in [0.15, 0.2) is 0 Å². The number of hydrogen-bond acceptors (Lipinski definition) is 3. The number of carbonyl (C=O) groups is 2. The monoisotopic (exact) mass is 355 g/mol. The summed E-state index contributed by atoms with van der Waals surface area (Å²) < 4.78 is 5.16. The third-order valence-corrected chi connectivity index (χ3v) is 4.52. The molecule has 0 aromatic rings. The first-order valence-electron chi connectivity index (χ1n) is 10.5. The van der Waals surface area contributed by atoms with E-state index < -0.39 is 6.04 Å². The molecule has 1 N–H and O–H groups in total. The SMILES string of the molecule is CCCCCCCCCCCCCCCCOC(=O)C(C)NC(C)=O. The van der Waals surface area contributed by atoms with Crippen LogP contribution in [0.5, 0.6) is 0 Å². The molecule has 25 heavy (non-hydrogen) atoms. The summed E-state index contributed by atoms with van der Waals surface area (Å²) in [5.41, 5.74) is 0. The molecular weight excluding hydrogens is 314 g/mol. The van der Waals surface area contributed by atoms with Crippen LogP contribution in [0.25, 0.3) is 0 Å². The van der Waals surface area contributed by atoms with Gasteiger partial charge in [0.1, 0.15) is 6.04 Å². The Morgan fingerprint density at radius 3 is 1.56 bits per heavy atom. The Kier molecular flexibility index (Phi) is 17.0. The van der Waals surface area contributed by atoms with Crippen molar-refractivity contribution < 1.29 is 14.3 Å². The molecule has 0 saturated heterocycles. The van der Waals surface area contributed by atoms with Crippen molar-refractivity contribution in [3.63, 3.8) is 0 Å². The standard InChI is InChI=1S/C21H41NO3/c1-4-5-6-7-8-9-10-11-12-13-14-15-16-17-18-25-21(24)19(2)22-20(3)23/h19H,4-18H2,1-3H3,(H,22,23). The number of amides is 1. The number of esters is 1. The zero-order valence-electron chi connectivity index (χ0n) is 16.9. The van der Waals surface area contributed by atoms with Gasteiger partial charge in [-0.25, -0.2) is 4.79 Å². The van der Waals surface area contributed by atoms with Crippen molar-refractivity contribution in [1.82, 2.24) is 5.32 Å². The molecule has 0 bridgehead atoms. The molecule has 0 aliphatic carbocycles. The zero-order valence-corrected chi connectivity index (χ0v) is 16.9. The van der Waals surface area contributed by atoms with Gasteiger partial charge in [-0.05, 0) is 13.3 Å². The smallest absolute Gasteiger partial charge is 0.328 e. The van der Waals surface area contributed by atoms with Crippen LogP contribution in [0.1, 0.15) is 111 Å². The first-order chi connectivity index (χ1) is 12.1. The molecule has 0 fully saturated rings. The van der Waals surface area contributed by atoms with Gasteiger partial charge in [-0.2, -0.15) is 0 Å². The fourth-order valence-electron chi connectivity index (χ4n) is 2.96. The lowest BCUT2D eigenvalue weighted by molar-refractivity contribution is -0.147. The number of ether oxygens (including phenoxy) is 1. The lowest BCUT2D eigenvalue weighted by Crippen LogP contribution is -2.38. The maximum atomic E-state index is 11.6. The van der Waals surface area contributed by atoms with Gasteiger partial charge < -0.3 is 10.1 Å². The Hall–Kier alpha value is -1.06. The molecule has 4 nitrogen and oxygen atoms in total. The molecule has 0 saturated carbocycles. The molecule has 0 aliphatic heterocycles. The van der Waals surface area contributed by atoms with Crippen molar-refractivity contribution >= 4 is 11.9 Å². The van der Waals surface area contributed by atoms with Crippen LogP contribution in [0, 0.1) is 0 Å². The van der Waals surface area contributed by atoms with Crippen LogP contribution >= 0.6 is 0 Å². The minimum Gasteiger partial charge on any atom is -0.464 e. The second-order valence-corrected chi connectivity index (χ2v) is 7.19. The summed E-state index contributed by atoms with van der Waals surface area (Å²) in [6.45, 7) is 5.77. The van der Waals surface area contributed by atoms with Crippen molar-refractivity contribution in [1.29, 1.82) is 0 Å². The van der Waals surface area contributed by atoms with E-state index in [1.54, 1.807) is 6.92 Å². The van der Waals surface area contributed by atoms with Crippen LogP contribution in [0.2, 0.25) is 0 Å². The van der Waals surface area contributed by atoms with Gasteiger partial charge >= 0.3 is 5.97 Å². The number of carbonyl (C=O) groups excluding carboxylic acids is 2. The van der Waals surface area contributed by atoms with Crippen LogP contribution < -0.4 is 5.32 Å². The Bertz CT molecular complexity index is 331. The van der Waals surface area contributed by atoms with Crippen LogP contribution in [-0.4, -0.2) is 24.5 Å². The van der Waals surface area contributed by atoms with E-state index in [0.29, 0.717) is 6.61 Å². The van der Waals surface area contributed by atoms with Gasteiger partial charge in [-0.3, -0.25) is 4.79 Å². The van der Waals surface area contributed by atoms with E-state index in [-0.39, 0.29) is 11.9 Å². The molecular formula is C21H41NO3. The predicted octanol–water partition coefficient (Wildman–Crippen LogP) is 5.54. The van der Waals surface area contributed by atoms with Gasteiger partial charge in [0.25, 0.3) is 0 Å². The van der Waals surface area contributed by atoms with E-state index >= 15 is 0 Å². The van der Waals surface area contributed by atoms with Crippen LogP contribution in [0.3, 0.4) is 0 Å². The minimum atomic E-state index is -0.552. The molecule has 148 valence electrons. The minimum absolute atomic E-state index is 0.207. The number of hydrogen-bond donors (Lipinski definition) is 1. The third kappa shape index (κ3) is 17.6. The summed E-state index contributed by atoms with van der Waals surface area (Å²) >= 11 is 0. The molecule has 0 aliphatic rings. The van der Waals surface area contributed by atoms with E-state index in [4.69, 9.17) is 4.74 Å². The van der Waals surface area contributed by atoms with Crippen molar-refractivity contribution in [3.05, 3.63) is 0 Å². The molecule has 4 heteroatoms. The molecule has 0 aromatic heterocycles. The van der Waals surface area contributed by atoms with E-state index in [1.807, 2.05) is 0 Å². The average Bonchev–Trinajstić information content (AvgIpc) is 2.57. The Labute approximate surface area is 155 Å². The lowest BCUT2D eigenvalue weighted by atomic mass is 10.0. The summed E-state index contributed by atoms with van der Waals surface area (Å²) in [4.78, 5) is 22.4. The van der Waals surface area contributed by atoms with Gasteiger partial charge in [0.2, 0.25) is 5.91 Å². The summed E-state index contributed by atoms with van der Waals surface area (Å²) in [7, 11) is 0. The summed E-state index contributed by atoms with van der Waals surface area (Å²) in [6.07, 6.45) is 18.4. The van der Waals surface area contributed by atoms with Crippen LogP contribution in [-0.2, 0) is 14.3 Å². The Balaban J connectivity index is 3.21. The second-order valence-electron chi connectivity index (χ2n) is 7.19. The quantitative estimate of drug-likeness (QED) is 0.275. The molecule has 0 rings (SSSR count). The topological polar surface area (TPSA) is 55.4 Å². The van der Waals surface area contributed by atoms with Crippen molar-refractivity contribution in [2.24, 2.45) is 0 Å². The highest BCUT2D eigenvalue weighted by atomic mass is 16.5. The average molecular weight is 356 g/mol.